The molecule has 12 heteroatoms. The molecule has 2 aromatic rings. The van der Waals surface area contributed by atoms with Gasteiger partial charge in [0.15, 0.2) is 21.2 Å². The number of aromatic hydroxyl groups is 1. The van der Waals surface area contributed by atoms with Crippen molar-refractivity contribution in [1.82, 2.24) is 9.80 Å². The van der Waals surface area contributed by atoms with Gasteiger partial charge in [0.2, 0.25) is 11.8 Å². The molecule has 4 amide bonds. The predicted octanol–water partition coefficient (Wildman–Crippen LogP) is 4.92. The minimum atomic E-state index is -1.92. The van der Waals surface area contributed by atoms with E-state index < -0.39 is 45.2 Å². The van der Waals surface area contributed by atoms with Crippen LogP contribution in [-0.2, 0) is 25.7 Å². The molecule has 1 N–H and O–H groups in total. The van der Waals surface area contributed by atoms with E-state index in [0.29, 0.717) is 14.7 Å². The number of benzene rings is 2. The Morgan fingerprint density at radius 3 is 2.41 bits per heavy atom. The second-order valence-electron chi connectivity index (χ2n) is 10.8. The third-order valence-electron chi connectivity index (χ3n) is 8.89. The van der Waals surface area contributed by atoms with Crippen LogP contribution in [0.25, 0.3) is 0 Å². The zero-order valence-corrected chi connectivity index (χ0v) is 26.9. The summed E-state index contributed by atoms with van der Waals surface area (Å²) in [6.07, 6.45) is 2.08. The number of phenols is 1. The number of hydrogen-bond donors (Lipinski definition) is 1. The van der Waals surface area contributed by atoms with Gasteiger partial charge in [-0.3, -0.25) is 29.0 Å². The van der Waals surface area contributed by atoms with Crippen molar-refractivity contribution in [2.75, 3.05) is 12.6 Å². The molecule has 4 aliphatic rings. The van der Waals surface area contributed by atoms with Gasteiger partial charge in [-0.1, -0.05) is 57.9 Å². The smallest absolute Gasteiger partial charge is 0.254 e. The molecule has 41 heavy (non-hydrogen) atoms. The molecule has 0 unspecified atom stereocenters. The molecule has 1 saturated carbocycles. The molecule has 2 aliphatic heterocycles. The van der Waals surface area contributed by atoms with Crippen molar-refractivity contribution >= 4 is 85.4 Å². The fourth-order valence-electron chi connectivity index (χ4n) is 7.03. The van der Waals surface area contributed by atoms with Crippen molar-refractivity contribution in [3.8, 4) is 11.5 Å². The number of halogens is 4. The first kappa shape index (κ1) is 28.9. The van der Waals surface area contributed by atoms with Gasteiger partial charge in [0.25, 0.3) is 11.8 Å². The number of methoxy groups -OCH3 is 1. The largest absolute Gasteiger partial charge is 0.504 e. The molecule has 2 aliphatic carbocycles. The fourth-order valence-corrected chi connectivity index (χ4v) is 9.08. The van der Waals surface area contributed by atoms with Gasteiger partial charge in [-0.25, -0.2) is 0 Å². The number of nitrogens with zero attached hydrogens (tertiary/aromatic N) is 2. The van der Waals surface area contributed by atoms with E-state index in [9.17, 15) is 24.3 Å². The number of allylic oxidation sites excluding steroid dienone is 2. The first-order chi connectivity index (χ1) is 19.5. The molecule has 214 valence electrons. The highest BCUT2D eigenvalue weighted by atomic mass is 127. The van der Waals surface area contributed by atoms with Gasteiger partial charge >= 0.3 is 0 Å². The Hall–Kier alpha value is -2.15. The number of likely N-dealkylation sites (tertiary alicyclic amines) is 2. The van der Waals surface area contributed by atoms with Gasteiger partial charge < -0.3 is 9.84 Å². The summed E-state index contributed by atoms with van der Waals surface area (Å²) in [5.41, 5.74) is 1.91. The van der Waals surface area contributed by atoms with Gasteiger partial charge in [-0.15, -0.1) is 23.2 Å². The van der Waals surface area contributed by atoms with Gasteiger partial charge in [-0.2, -0.15) is 0 Å². The molecule has 6 rings (SSSR count). The quantitative estimate of drug-likeness (QED) is 0.152. The molecule has 8 nitrogen and oxygen atoms in total. The molecular weight excluding hydrogens is 750 g/mol. The first-order valence-corrected chi connectivity index (χ1v) is 15.9. The maximum Gasteiger partial charge on any atom is 0.254 e. The molecule has 0 bridgehead atoms. The first-order valence-electron chi connectivity index (χ1n) is 12.9. The zero-order valence-electron chi connectivity index (χ0n) is 21.7. The normalized spacial score (nSPS) is 32.6. The lowest BCUT2D eigenvalue weighted by Crippen LogP contribution is -2.60. The van der Waals surface area contributed by atoms with Gasteiger partial charge in [0.1, 0.15) is 0 Å². The lowest BCUT2D eigenvalue weighted by Gasteiger charge is -2.50. The van der Waals surface area contributed by atoms with Crippen molar-refractivity contribution in [2.24, 2.45) is 17.8 Å². The van der Waals surface area contributed by atoms with E-state index >= 15 is 0 Å². The van der Waals surface area contributed by atoms with Crippen LogP contribution >= 0.6 is 61.7 Å². The van der Waals surface area contributed by atoms with E-state index in [0.717, 1.165) is 10.5 Å². The minimum Gasteiger partial charge on any atom is -0.504 e. The molecule has 6 atom stereocenters. The number of ether oxygens (including phenoxy) is 1. The predicted molar refractivity (Wildman–Crippen MR) is 163 cm³/mol. The SMILES string of the molecule is COc1cc([C@H]2C3=CC[C@@H]4C(=O)N(Cc5ccccc5)C(=O)[C@@H]4[C@@H]3C[C@@]3(Cl)C(=O)N(CBr)C(=O)[C@@]23Cl)cc(I)c1O. The molecule has 2 saturated heterocycles. The van der Waals surface area contributed by atoms with E-state index in [-0.39, 0.29) is 48.2 Å². The highest BCUT2D eigenvalue weighted by molar-refractivity contribution is 14.1. The summed E-state index contributed by atoms with van der Waals surface area (Å²) in [6.45, 7) is 0.143. The van der Waals surface area contributed by atoms with Gasteiger partial charge in [-0.05, 0) is 64.6 Å². The Balaban J connectivity index is 1.51. The van der Waals surface area contributed by atoms with Crippen LogP contribution in [0.1, 0.15) is 29.9 Å². The van der Waals surface area contributed by atoms with Crippen LogP contribution in [0.15, 0.2) is 54.1 Å². The van der Waals surface area contributed by atoms with Crippen molar-refractivity contribution in [1.29, 1.82) is 0 Å². The van der Waals surface area contributed by atoms with Crippen molar-refractivity contribution in [2.45, 2.75) is 35.1 Å². The van der Waals surface area contributed by atoms with Crippen molar-refractivity contribution < 1.29 is 29.0 Å². The average Bonchev–Trinajstić information content (AvgIpc) is 3.28. The van der Waals surface area contributed by atoms with E-state index in [4.69, 9.17) is 27.9 Å². The fraction of sp³-hybridized carbons (Fsp3) is 0.379. The molecule has 0 radical (unpaired) electrons. The van der Waals surface area contributed by atoms with Crippen molar-refractivity contribution in [3.63, 3.8) is 0 Å². The monoisotopic (exact) mass is 772 g/mol. The number of carbonyl (C=O) groups is 4. The molecule has 2 aromatic carbocycles. The number of rotatable bonds is 5. The number of imide groups is 2. The summed E-state index contributed by atoms with van der Waals surface area (Å²) < 4.78 is 5.85. The maximum absolute atomic E-state index is 14.0. The number of fused-ring (bicyclic) bond motifs is 4. The average molecular weight is 774 g/mol. The van der Waals surface area contributed by atoms with Gasteiger partial charge in [0, 0.05) is 5.92 Å². The van der Waals surface area contributed by atoms with Crippen LogP contribution in [0.3, 0.4) is 0 Å². The summed E-state index contributed by atoms with van der Waals surface area (Å²) in [5, 5.41) is 10.5. The highest BCUT2D eigenvalue weighted by Crippen LogP contribution is 2.65. The summed E-state index contributed by atoms with van der Waals surface area (Å²) in [7, 11) is 1.41. The Labute approximate surface area is 268 Å². The number of hydrogen-bond acceptors (Lipinski definition) is 6. The second-order valence-corrected chi connectivity index (χ2v) is 13.7. The molecule has 0 aromatic heterocycles. The van der Waals surface area contributed by atoms with Crippen LogP contribution in [-0.4, -0.2) is 60.8 Å². The van der Waals surface area contributed by atoms with Crippen LogP contribution < -0.4 is 4.74 Å². The van der Waals surface area contributed by atoms with Crippen LogP contribution in [0.2, 0.25) is 0 Å². The summed E-state index contributed by atoms with van der Waals surface area (Å²) in [5.74, 6) is -4.73. The minimum absolute atomic E-state index is 0.0771. The van der Waals surface area contributed by atoms with E-state index in [1.165, 1.54) is 12.0 Å². The van der Waals surface area contributed by atoms with Crippen LogP contribution in [0.5, 0.6) is 11.5 Å². The van der Waals surface area contributed by atoms with Crippen molar-refractivity contribution in [3.05, 3.63) is 68.8 Å². The third kappa shape index (κ3) is 3.96. The van der Waals surface area contributed by atoms with E-state index in [1.54, 1.807) is 12.1 Å². The number of alkyl halides is 3. The zero-order chi connectivity index (χ0) is 29.4. The Kier molecular flexibility index (Phi) is 7.23. The maximum atomic E-state index is 14.0. The summed E-state index contributed by atoms with van der Waals surface area (Å²) in [6, 6.07) is 12.5. The number of carbonyl (C=O) groups excluding carboxylic acids is 4. The molecule has 0 spiro atoms. The van der Waals surface area contributed by atoms with Crippen LogP contribution in [0, 0.1) is 21.3 Å². The van der Waals surface area contributed by atoms with Crippen LogP contribution in [0.4, 0.5) is 0 Å². The Morgan fingerprint density at radius 1 is 1.05 bits per heavy atom. The topological polar surface area (TPSA) is 104 Å². The molecule has 3 fully saturated rings. The highest BCUT2D eigenvalue weighted by Gasteiger charge is 2.76. The summed E-state index contributed by atoms with van der Waals surface area (Å²) in [4.78, 5) is 53.7. The number of phenolic OH excluding ortho intramolecular Hbond substituents is 1. The van der Waals surface area contributed by atoms with Gasteiger partial charge in [0.05, 0.1) is 34.5 Å². The third-order valence-corrected chi connectivity index (χ3v) is 11.6. The Bertz CT molecular complexity index is 1540. The Morgan fingerprint density at radius 2 is 1.76 bits per heavy atom. The van der Waals surface area contributed by atoms with E-state index in [2.05, 4.69) is 15.9 Å². The lowest BCUT2D eigenvalue weighted by molar-refractivity contribution is -0.141. The number of amides is 4. The summed E-state index contributed by atoms with van der Waals surface area (Å²) >= 11 is 19.7. The molecule has 2 heterocycles. The van der Waals surface area contributed by atoms with E-state index in [1.807, 2.05) is 59.0 Å². The second kappa shape index (κ2) is 10.2. The molecular formula is C29H24BrCl2IN2O6. The standard InChI is InChI=1S/C29H24BrCl2IN2O6/c1-41-20-10-15(9-19(33)23(20)36)22-16-7-8-17-21(25(38)34(24(17)37)12-14-5-3-2-4-6-14)18(16)11-28(31)26(39)35(13-30)27(40)29(22,28)32/h2-7,9-10,17-18,21-22,36H,8,11-13H2,1H3/t17-,18+,21-,22-,28+,29-/m0/s1. The lowest BCUT2D eigenvalue weighted by atomic mass is 9.56.